The number of hydrogen-bond donors (Lipinski definition) is 2. The van der Waals surface area contributed by atoms with Gasteiger partial charge in [0.2, 0.25) is 11.8 Å². The highest BCUT2D eigenvalue weighted by atomic mass is 32.1. The van der Waals surface area contributed by atoms with Gasteiger partial charge in [-0.3, -0.25) is 14.5 Å². The Hall–Kier alpha value is -2.18. The molecule has 1 aromatic heterocycles. The summed E-state index contributed by atoms with van der Waals surface area (Å²) < 4.78 is 0. The zero-order valence-corrected chi connectivity index (χ0v) is 16.1. The van der Waals surface area contributed by atoms with E-state index >= 15 is 0 Å². The number of nitrogens with one attached hydrogen (secondary N) is 2. The molecule has 26 heavy (non-hydrogen) atoms. The Morgan fingerprint density at radius 2 is 2.04 bits per heavy atom. The number of hydrogen-bond acceptors (Lipinski definition) is 4. The zero-order valence-electron chi connectivity index (χ0n) is 15.2. The van der Waals surface area contributed by atoms with E-state index in [4.69, 9.17) is 0 Å². The number of benzene rings is 1. The van der Waals surface area contributed by atoms with Crippen molar-refractivity contribution in [3.63, 3.8) is 0 Å². The lowest BCUT2D eigenvalue weighted by atomic mass is 10.1. The standard InChI is InChI=1S/C20H25N3O2S/c1-14-6-3-7-16(15(14)2)22-19(24)12-21-20(25)13-23-10-4-8-17(23)18-9-5-11-26-18/h3,5-7,9,11,17H,4,8,10,12-13H2,1-2H3,(H,21,25)(H,22,24)/t17-/m1/s1. The van der Waals surface area contributed by atoms with Gasteiger partial charge in [0.25, 0.3) is 0 Å². The van der Waals surface area contributed by atoms with E-state index in [-0.39, 0.29) is 18.4 Å². The minimum absolute atomic E-state index is 0.0102. The van der Waals surface area contributed by atoms with Crippen LogP contribution in [0.1, 0.15) is 34.9 Å². The minimum Gasteiger partial charge on any atom is -0.346 e. The zero-order chi connectivity index (χ0) is 18.5. The van der Waals surface area contributed by atoms with Gasteiger partial charge in [-0.1, -0.05) is 18.2 Å². The maximum absolute atomic E-state index is 12.3. The molecule has 5 nitrogen and oxygen atoms in total. The average Bonchev–Trinajstić information content (AvgIpc) is 3.28. The second kappa shape index (κ2) is 8.47. The van der Waals surface area contributed by atoms with Gasteiger partial charge in [-0.15, -0.1) is 11.3 Å². The molecule has 0 radical (unpaired) electrons. The van der Waals surface area contributed by atoms with Crippen LogP contribution < -0.4 is 10.6 Å². The molecule has 1 atom stereocenters. The second-order valence-electron chi connectivity index (χ2n) is 6.72. The van der Waals surface area contributed by atoms with Crippen molar-refractivity contribution in [1.82, 2.24) is 10.2 Å². The molecule has 1 aliphatic rings. The molecule has 6 heteroatoms. The van der Waals surface area contributed by atoms with Crippen molar-refractivity contribution >= 4 is 28.8 Å². The van der Waals surface area contributed by atoms with Crippen molar-refractivity contribution in [2.75, 3.05) is 25.0 Å². The molecule has 138 valence electrons. The number of carbonyl (C=O) groups excluding carboxylic acids is 2. The van der Waals surface area contributed by atoms with Gasteiger partial charge < -0.3 is 10.6 Å². The summed E-state index contributed by atoms with van der Waals surface area (Å²) in [6, 6.07) is 10.3. The lowest BCUT2D eigenvalue weighted by Gasteiger charge is -2.22. The maximum atomic E-state index is 12.3. The monoisotopic (exact) mass is 371 g/mol. The fourth-order valence-electron chi connectivity index (χ4n) is 3.32. The molecular formula is C20H25N3O2S. The normalized spacial score (nSPS) is 17.2. The summed E-state index contributed by atoms with van der Waals surface area (Å²) in [5.74, 6) is -0.312. The molecule has 1 saturated heterocycles. The van der Waals surface area contributed by atoms with Crippen LogP contribution in [0, 0.1) is 13.8 Å². The van der Waals surface area contributed by atoms with E-state index in [0.717, 1.165) is 36.2 Å². The van der Waals surface area contributed by atoms with Gasteiger partial charge in [0.1, 0.15) is 0 Å². The summed E-state index contributed by atoms with van der Waals surface area (Å²) in [7, 11) is 0. The van der Waals surface area contributed by atoms with E-state index in [1.807, 2.05) is 38.1 Å². The number of nitrogens with zero attached hydrogens (tertiary/aromatic N) is 1. The van der Waals surface area contributed by atoms with Gasteiger partial charge in [-0.05, 0) is 61.9 Å². The maximum Gasteiger partial charge on any atom is 0.243 e. The number of thiophene rings is 1. The van der Waals surface area contributed by atoms with E-state index in [0.29, 0.717) is 12.6 Å². The van der Waals surface area contributed by atoms with Crippen LogP contribution in [0.25, 0.3) is 0 Å². The Morgan fingerprint density at radius 3 is 2.81 bits per heavy atom. The summed E-state index contributed by atoms with van der Waals surface area (Å²) in [5, 5.41) is 7.68. The van der Waals surface area contributed by atoms with Gasteiger partial charge in [0.05, 0.1) is 13.1 Å². The topological polar surface area (TPSA) is 61.4 Å². The molecule has 1 fully saturated rings. The third-order valence-electron chi connectivity index (χ3n) is 4.91. The molecule has 1 aliphatic heterocycles. The largest absolute Gasteiger partial charge is 0.346 e. The molecule has 0 bridgehead atoms. The van der Waals surface area contributed by atoms with E-state index in [1.165, 1.54) is 4.88 Å². The molecule has 2 aromatic rings. The van der Waals surface area contributed by atoms with Gasteiger partial charge in [0.15, 0.2) is 0 Å². The van der Waals surface area contributed by atoms with Gasteiger partial charge in [-0.2, -0.15) is 0 Å². The van der Waals surface area contributed by atoms with E-state index < -0.39 is 0 Å². The van der Waals surface area contributed by atoms with Crippen molar-refractivity contribution in [2.24, 2.45) is 0 Å². The van der Waals surface area contributed by atoms with Crippen LogP contribution in [0.2, 0.25) is 0 Å². The average molecular weight is 372 g/mol. The first-order chi connectivity index (χ1) is 12.5. The van der Waals surface area contributed by atoms with Crippen LogP contribution in [0.15, 0.2) is 35.7 Å². The molecule has 1 aromatic carbocycles. The van der Waals surface area contributed by atoms with Crippen molar-refractivity contribution in [3.8, 4) is 0 Å². The van der Waals surface area contributed by atoms with Gasteiger partial charge >= 0.3 is 0 Å². The fraction of sp³-hybridized carbons (Fsp3) is 0.400. The van der Waals surface area contributed by atoms with Crippen LogP contribution in [0.4, 0.5) is 5.69 Å². The van der Waals surface area contributed by atoms with Gasteiger partial charge in [-0.25, -0.2) is 0 Å². The van der Waals surface area contributed by atoms with E-state index in [2.05, 4.69) is 27.0 Å². The van der Waals surface area contributed by atoms with Gasteiger partial charge in [0, 0.05) is 16.6 Å². The van der Waals surface area contributed by atoms with Crippen LogP contribution >= 0.6 is 11.3 Å². The molecule has 2 N–H and O–H groups in total. The first-order valence-electron chi connectivity index (χ1n) is 8.95. The molecule has 0 unspecified atom stereocenters. The Labute approximate surface area is 158 Å². The first kappa shape index (κ1) is 18.6. The highest BCUT2D eigenvalue weighted by Gasteiger charge is 2.28. The van der Waals surface area contributed by atoms with Crippen LogP contribution in [-0.2, 0) is 9.59 Å². The fourth-order valence-corrected chi connectivity index (χ4v) is 4.21. The first-order valence-corrected chi connectivity index (χ1v) is 9.83. The summed E-state index contributed by atoms with van der Waals surface area (Å²) in [5.41, 5.74) is 2.96. The van der Waals surface area contributed by atoms with Crippen molar-refractivity contribution in [3.05, 3.63) is 51.7 Å². The van der Waals surface area contributed by atoms with Crippen LogP contribution in [-0.4, -0.2) is 36.3 Å². The molecule has 0 aliphatic carbocycles. The number of carbonyl (C=O) groups is 2. The number of rotatable bonds is 6. The van der Waals surface area contributed by atoms with Crippen molar-refractivity contribution < 1.29 is 9.59 Å². The highest BCUT2D eigenvalue weighted by Crippen LogP contribution is 2.33. The predicted molar refractivity (Wildman–Crippen MR) is 105 cm³/mol. The molecule has 0 spiro atoms. The summed E-state index contributed by atoms with van der Waals surface area (Å²) in [4.78, 5) is 27.9. The van der Waals surface area contributed by atoms with Crippen LogP contribution in [0.3, 0.4) is 0 Å². The third kappa shape index (κ3) is 4.51. The van der Waals surface area contributed by atoms with Crippen molar-refractivity contribution in [2.45, 2.75) is 32.7 Å². The van der Waals surface area contributed by atoms with Crippen LogP contribution in [0.5, 0.6) is 0 Å². The van der Waals surface area contributed by atoms with E-state index in [9.17, 15) is 9.59 Å². The highest BCUT2D eigenvalue weighted by molar-refractivity contribution is 7.10. The number of amides is 2. The Kier molecular flexibility index (Phi) is 6.06. The minimum atomic E-state index is -0.205. The second-order valence-corrected chi connectivity index (χ2v) is 7.70. The Bertz CT molecular complexity index is 773. The Morgan fingerprint density at radius 1 is 1.19 bits per heavy atom. The van der Waals surface area contributed by atoms with Crippen molar-refractivity contribution in [1.29, 1.82) is 0 Å². The quantitative estimate of drug-likeness (QED) is 0.819. The molecule has 2 heterocycles. The molecule has 0 saturated carbocycles. The van der Waals surface area contributed by atoms with E-state index in [1.54, 1.807) is 11.3 Å². The third-order valence-corrected chi connectivity index (χ3v) is 5.88. The SMILES string of the molecule is Cc1cccc(NC(=O)CNC(=O)CN2CCC[C@@H]2c2cccs2)c1C. The predicted octanol–water partition coefficient (Wildman–Crippen LogP) is 3.26. The number of anilines is 1. The lowest BCUT2D eigenvalue weighted by Crippen LogP contribution is -2.40. The summed E-state index contributed by atoms with van der Waals surface area (Å²) >= 11 is 1.74. The molecule has 3 rings (SSSR count). The molecular weight excluding hydrogens is 346 g/mol. The smallest absolute Gasteiger partial charge is 0.243 e. The summed E-state index contributed by atoms with van der Waals surface area (Å²) in [6.45, 7) is 5.22. The lowest BCUT2D eigenvalue weighted by molar-refractivity contribution is -0.125. The Balaban J connectivity index is 1.48. The summed E-state index contributed by atoms with van der Waals surface area (Å²) in [6.07, 6.45) is 2.18. The molecule has 2 amide bonds. The number of likely N-dealkylation sites (tertiary alicyclic amines) is 1. The number of aryl methyl sites for hydroxylation is 1.